The Morgan fingerprint density at radius 2 is 1.76 bits per heavy atom. The Morgan fingerprint density at radius 3 is 2.59 bits per heavy atom. The van der Waals surface area contributed by atoms with E-state index in [9.17, 15) is 9.59 Å². The van der Waals surface area contributed by atoms with E-state index in [1.807, 2.05) is 42.5 Å². The standard InChI is InChI=1S/C27H24N4O3/c32-25(30-24-12-6-7-14-28-24)18-34-27(33)26-20-10-4-5-11-22(20)29-23-13-15-31(17-21(23)26)16-19-8-2-1-3-9-19/h1-12,14H,13,15-18H2,(H,28,30,32). The van der Waals surface area contributed by atoms with Crippen LogP contribution in [0.1, 0.15) is 27.2 Å². The Kier molecular flexibility index (Phi) is 6.27. The van der Waals surface area contributed by atoms with Gasteiger partial charge in [-0.1, -0.05) is 54.6 Å². The van der Waals surface area contributed by atoms with Gasteiger partial charge in [0.15, 0.2) is 6.61 Å². The molecule has 1 amide bonds. The number of rotatable bonds is 6. The molecule has 0 bridgehead atoms. The van der Waals surface area contributed by atoms with Crippen molar-refractivity contribution >= 4 is 28.6 Å². The fraction of sp³-hybridized carbons (Fsp3) is 0.185. The maximum atomic E-state index is 13.3. The minimum Gasteiger partial charge on any atom is -0.452 e. The molecule has 0 radical (unpaired) electrons. The average molecular weight is 453 g/mol. The first-order valence-corrected chi connectivity index (χ1v) is 11.2. The maximum absolute atomic E-state index is 13.3. The molecule has 7 nitrogen and oxygen atoms in total. The second-order valence-corrected chi connectivity index (χ2v) is 8.21. The molecule has 2 aromatic carbocycles. The minimum absolute atomic E-state index is 0.394. The van der Waals surface area contributed by atoms with Crippen LogP contribution in [-0.4, -0.2) is 39.9 Å². The van der Waals surface area contributed by atoms with Crippen LogP contribution in [0.3, 0.4) is 0 Å². The van der Waals surface area contributed by atoms with Crippen LogP contribution in [-0.2, 0) is 29.0 Å². The number of hydrogen-bond acceptors (Lipinski definition) is 6. The van der Waals surface area contributed by atoms with E-state index in [0.717, 1.165) is 41.7 Å². The first-order valence-electron chi connectivity index (χ1n) is 11.2. The molecule has 0 fully saturated rings. The molecule has 5 rings (SSSR count). The number of esters is 1. The van der Waals surface area contributed by atoms with Crippen LogP contribution < -0.4 is 5.32 Å². The van der Waals surface area contributed by atoms with Crippen molar-refractivity contribution in [3.05, 3.63) is 101 Å². The summed E-state index contributed by atoms with van der Waals surface area (Å²) in [5.74, 6) is -0.551. The molecule has 2 aromatic heterocycles. The number of amides is 1. The second kappa shape index (κ2) is 9.80. The first-order chi connectivity index (χ1) is 16.7. The van der Waals surface area contributed by atoms with Crippen molar-refractivity contribution in [3.8, 4) is 0 Å². The molecule has 4 aromatic rings. The summed E-state index contributed by atoms with van der Waals surface area (Å²) in [6.07, 6.45) is 2.33. The van der Waals surface area contributed by atoms with Crippen molar-refractivity contribution in [2.45, 2.75) is 19.5 Å². The van der Waals surface area contributed by atoms with E-state index in [2.05, 4.69) is 27.3 Å². The summed E-state index contributed by atoms with van der Waals surface area (Å²) >= 11 is 0. The first kappa shape index (κ1) is 21.7. The van der Waals surface area contributed by atoms with E-state index >= 15 is 0 Å². The molecule has 0 unspecified atom stereocenters. The van der Waals surface area contributed by atoms with Gasteiger partial charge in [-0.25, -0.2) is 9.78 Å². The number of carbonyl (C=O) groups excluding carboxylic acids is 2. The van der Waals surface area contributed by atoms with Gasteiger partial charge in [-0.05, 0) is 23.8 Å². The Hall–Kier alpha value is -4.10. The Morgan fingerprint density at radius 1 is 0.971 bits per heavy atom. The van der Waals surface area contributed by atoms with Gasteiger partial charge in [0.1, 0.15) is 5.82 Å². The quantitative estimate of drug-likeness (QED) is 0.446. The van der Waals surface area contributed by atoms with Crippen molar-refractivity contribution in [2.24, 2.45) is 0 Å². The molecular formula is C27H24N4O3. The monoisotopic (exact) mass is 452 g/mol. The highest BCUT2D eigenvalue weighted by Gasteiger charge is 2.27. The number of aromatic nitrogens is 2. The zero-order valence-electron chi connectivity index (χ0n) is 18.6. The van der Waals surface area contributed by atoms with Gasteiger partial charge in [-0.15, -0.1) is 0 Å². The van der Waals surface area contributed by atoms with Crippen LogP contribution in [0, 0.1) is 0 Å². The van der Waals surface area contributed by atoms with Crippen LogP contribution >= 0.6 is 0 Å². The molecule has 0 atom stereocenters. The maximum Gasteiger partial charge on any atom is 0.339 e. The molecular weight excluding hydrogens is 428 g/mol. The number of hydrogen-bond donors (Lipinski definition) is 1. The summed E-state index contributed by atoms with van der Waals surface area (Å²) in [4.78, 5) is 36.8. The van der Waals surface area contributed by atoms with Gasteiger partial charge in [0.2, 0.25) is 0 Å². The zero-order valence-corrected chi connectivity index (χ0v) is 18.6. The van der Waals surface area contributed by atoms with Crippen molar-refractivity contribution in [2.75, 3.05) is 18.5 Å². The molecule has 0 spiro atoms. The van der Waals surface area contributed by atoms with Gasteiger partial charge in [0.25, 0.3) is 5.91 Å². The molecule has 34 heavy (non-hydrogen) atoms. The van der Waals surface area contributed by atoms with Crippen molar-refractivity contribution in [3.63, 3.8) is 0 Å². The van der Waals surface area contributed by atoms with Crippen molar-refractivity contribution in [1.29, 1.82) is 0 Å². The third-order valence-electron chi connectivity index (χ3n) is 5.85. The Bertz CT molecular complexity index is 1330. The third-order valence-corrected chi connectivity index (χ3v) is 5.85. The highest BCUT2D eigenvalue weighted by molar-refractivity contribution is 6.06. The fourth-order valence-corrected chi connectivity index (χ4v) is 4.27. The van der Waals surface area contributed by atoms with E-state index in [-0.39, 0.29) is 0 Å². The second-order valence-electron chi connectivity index (χ2n) is 8.21. The lowest BCUT2D eigenvalue weighted by molar-refractivity contribution is -0.119. The summed E-state index contributed by atoms with van der Waals surface area (Å²) in [6, 6.07) is 23.0. The Labute approximate surface area is 197 Å². The summed E-state index contributed by atoms with van der Waals surface area (Å²) in [5, 5.41) is 3.37. The zero-order chi connectivity index (χ0) is 23.3. The summed E-state index contributed by atoms with van der Waals surface area (Å²) in [7, 11) is 0. The average Bonchev–Trinajstić information content (AvgIpc) is 2.87. The van der Waals surface area contributed by atoms with E-state index in [1.54, 1.807) is 24.4 Å². The van der Waals surface area contributed by atoms with Crippen molar-refractivity contribution in [1.82, 2.24) is 14.9 Å². The van der Waals surface area contributed by atoms with Crippen molar-refractivity contribution < 1.29 is 14.3 Å². The van der Waals surface area contributed by atoms with E-state index in [0.29, 0.717) is 17.9 Å². The number of benzene rings is 2. The summed E-state index contributed by atoms with van der Waals surface area (Å²) < 4.78 is 5.46. The van der Waals surface area contributed by atoms with E-state index < -0.39 is 18.5 Å². The van der Waals surface area contributed by atoms with Crippen LogP contribution in [0.15, 0.2) is 79.0 Å². The normalized spacial score (nSPS) is 13.3. The Balaban J connectivity index is 1.39. The topological polar surface area (TPSA) is 84.4 Å². The summed E-state index contributed by atoms with van der Waals surface area (Å²) in [6.45, 7) is 1.84. The largest absolute Gasteiger partial charge is 0.452 e. The number of ether oxygens (including phenoxy) is 1. The van der Waals surface area contributed by atoms with Crippen LogP contribution in [0.25, 0.3) is 10.9 Å². The number of pyridine rings is 2. The number of fused-ring (bicyclic) bond motifs is 2. The molecule has 170 valence electrons. The van der Waals surface area contributed by atoms with E-state index in [4.69, 9.17) is 9.72 Å². The fourth-order valence-electron chi connectivity index (χ4n) is 4.27. The number of carbonyl (C=O) groups is 2. The summed E-state index contributed by atoms with van der Waals surface area (Å²) in [5.41, 5.74) is 4.24. The van der Waals surface area contributed by atoms with Gasteiger partial charge >= 0.3 is 5.97 Å². The number of nitrogens with one attached hydrogen (secondary N) is 1. The molecule has 0 saturated heterocycles. The highest BCUT2D eigenvalue weighted by Crippen LogP contribution is 2.29. The predicted octanol–water partition coefficient (Wildman–Crippen LogP) is 3.98. The van der Waals surface area contributed by atoms with Crippen LogP contribution in [0.2, 0.25) is 0 Å². The van der Waals surface area contributed by atoms with Crippen LogP contribution in [0.5, 0.6) is 0 Å². The molecule has 1 aliphatic rings. The van der Waals surface area contributed by atoms with Gasteiger partial charge < -0.3 is 10.1 Å². The number of anilines is 1. The SMILES string of the molecule is O=C(COC(=O)c1c2c(nc3ccccc13)CCN(Cc1ccccc1)C2)Nc1ccccn1. The third kappa shape index (κ3) is 4.79. The lowest BCUT2D eigenvalue weighted by atomic mass is 9.95. The van der Waals surface area contributed by atoms with Gasteiger partial charge in [-0.3, -0.25) is 14.7 Å². The lowest BCUT2D eigenvalue weighted by Crippen LogP contribution is -2.32. The molecule has 1 aliphatic heterocycles. The van der Waals surface area contributed by atoms with Gasteiger partial charge in [0.05, 0.1) is 11.1 Å². The molecule has 3 heterocycles. The van der Waals surface area contributed by atoms with Gasteiger partial charge in [-0.2, -0.15) is 0 Å². The molecule has 0 saturated carbocycles. The minimum atomic E-state index is -0.521. The molecule has 7 heteroatoms. The van der Waals surface area contributed by atoms with E-state index in [1.165, 1.54) is 5.56 Å². The molecule has 1 N–H and O–H groups in total. The van der Waals surface area contributed by atoms with Gasteiger partial charge in [0, 0.05) is 48.9 Å². The highest BCUT2D eigenvalue weighted by atomic mass is 16.5. The predicted molar refractivity (Wildman–Crippen MR) is 129 cm³/mol. The lowest BCUT2D eigenvalue weighted by Gasteiger charge is -2.30. The number of nitrogens with zero attached hydrogens (tertiary/aromatic N) is 3. The van der Waals surface area contributed by atoms with Crippen LogP contribution in [0.4, 0.5) is 5.82 Å². The number of para-hydroxylation sites is 1. The smallest absolute Gasteiger partial charge is 0.339 e. The molecule has 0 aliphatic carbocycles.